The summed E-state index contributed by atoms with van der Waals surface area (Å²) in [5, 5.41) is 0. The minimum absolute atomic E-state index is 0.802. The molecule has 0 nitrogen and oxygen atoms in total. The van der Waals surface area contributed by atoms with E-state index in [2.05, 4.69) is 13.8 Å². The summed E-state index contributed by atoms with van der Waals surface area (Å²) in [6.45, 7) is 4.81. The van der Waals surface area contributed by atoms with Crippen molar-refractivity contribution in [2.45, 2.75) is 71.6 Å². The van der Waals surface area contributed by atoms with Crippen LogP contribution in [0.15, 0.2) is 0 Å². The zero-order valence-electron chi connectivity index (χ0n) is 11.2. The molecule has 0 N–H and O–H groups in total. The molecule has 4 fully saturated rings. The van der Waals surface area contributed by atoms with Crippen molar-refractivity contribution in [3.8, 4) is 0 Å². The molecular weight excluding hydrogens is 192 g/mol. The van der Waals surface area contributed by atoms with E-state index in [1.807, 2.05) is 0 Å². The Hall–Kier alpha value is 0. The summed E-state index contributed by atoms with van der Waals surface area (Å²) in [5.41, 5.74) is 0.802. The molecule has 0 aliphatic heterocycles. The van der Waals surface area contributed by atoms with Gasteiger partial charge in [0.15, 0.2) is 0 Å². The van der Waals surface area contributed by atoms with Gasteiger partial charge in [0.25, 0.3) is 0 Å². The molecule has 0 radical (unpaired) electrons. The predicted octanol–water partition coefficient (Wildman–Crippen LogP) is 5.03. The Labute approximate surface area is 101 Å². The van der Waals surface area contributed by atoms with E-state index >= 15 is 0 Å². The molecule has 0 spiro atoms. The molecule has 4 bridgehead atoms. The second-order valence-electron chi connectivity index (χ2n) is 7.04. The molecule has 0 heteroatoms. The number of hydrogen-bond acceptors (Lipinski definition) is 0. The molecule has 92 valence electrons. The van der Waals surface area contributed by atoms with Crippen LogP contribution in [0.2, 0.25) is 0 Å². The lowest BCUT2D eigenvalue weighted by Gasteiger charge is -2.62. The van der Waals surface area contributed by atoms with E-state index in [0.717, 1.165) is 29.1 Å². The first kappa shape index (κ1) is 11.1. The molecule has 0 aromatic heterocycles. The second-order valence-corrected chi connectivity index (χ2v) is 7.04. The Balaban J connectivity index is 1.87. The Morgan fingerprint density at radius 2 is 1.19 bits per heavy atom. The second kappa shape index (κ2) is 4.03. The van der Waals surface area contributed by atoms with Gasteiger partial charge in [-0.25, -0.2) is 0 Å². The fourth-order valence-electron chi connectivity index (χ4n) is 6.00. The van der Waals surface area contributed by atoms with Crippen molar-refractivity contribution < 1.29 is 0 Å². The van der Waals surface area contributed by atoms with Gasteiger partial charge >= 0.3 is 0 Å². The van der Waals surface area contributed by atoms with Crippen LogP contribution < -0.4 is 0 Å². The molecule has 4 rings (SSSR count). The van der Waals surface area contributed by atoms with E-state index < -0.39 is 0 Å². The van der Waals surface area contributed by atoms with Crippen LogP contribution in [0.4, 0.5) is 0 Å². The van der Waals surface area contributed by atoms with Gasteiger partial charge in [0.2, 0.25) is 0 Å². The monoisotopic (exact) mass is 220 g/mol. The summed E-state index contributed by atoms with van der Waals surface area (Å²) >= 11 is 0. The van der Waals surface area contributed by atoms with Crippen LogP contribution in [0.25, 0.3) is 0 Å². The van der Waals surface area contributed by atoms with Gasteiger partial charge in [0.1, 0.15) is 0 Å². The van der Waals surface area contributed by atoms with Crippen molar-refractivity contribution in [3.63, 3.8) is 0 Å². The van der Waals surface area contributed by atoms with Crippen molar-refractivity contribution in [1.82, 2.24) is 0 Å². The maximum absolute atomic E-state index is 2.41. The van der Waals surface area contributed by atoms with Crippen LogP contribution in [0.5, 0.6) is 0 Å². The molecule has 4 saturated carbocycles. The van der Waals surface area contributed by atoms with Crippen LogP contribution in [0.3, 0.4) is 0 Å². The van der Waals surface area contributed by atoms with Gasteiger partial charge in [0.05, 0.1) is 0 Å². The van der Waals surface area contributed by atoms with Gasteiger partial charge in [-0.1, -0.05) is 26.7 Å². The predicted molar refractivity (Wildman–Crippen MR) is 69.3 cm³/mol. The third-order valence-corrected chi connectivity index (χ3v) is 6.20. The normalized spacial score (nSPS) is 43.9. The van der Waals surface area contributed by atoms with E-state index in [-0.39, 0.29) is 0 Å². The smallest absolute Gasteiger partial charge is 0.0241 e. The molecule has 4 aliphatic carbocycles. The van der Waals surface area contributed by atoms with Crippen molar-refractivity contribution in [3.05, 3.63) is 0 Å². The summed E-state index contributed by atoms with van der Waals surface area (Å²) < 4.78 is 0. The van der Waals surface area contributed by atoms with E-state index in [4.69, 9.17) is 0 Å². The molecule has 0 saturated heterocycles. The van der Waals surface area contributed by atoms with E-state index in [9.17, 15) is 0 Å². The molecule has 16 heavy (non-hydrogen) atoms. The van der Waals surface area contributed by atoms with Crippen molar-refractivity contribution in [2.24, 2.45) is 29.1 Å². The summed E-state index contributed by atoms with van der Waals surface area (Å²) in [6, 6.07) is 0. The highest BCUT2D eigenvalue weighted by Gasteiger charge is 2.55. The van der Waals surface area contributed by atoms with Gasteiger partial charge in [-0.05, 0) is 74.0 Å². The quantitative estimate of drug-likeness (QED) is 0.623. The van der Waals surface area contributed by atoms with E-state index in [0.29, 0.717) is 0 Å². The lowest BCUT2D eigenvalue weighted by atomic mass is 9.43. The lowest BCUT2D eigenvalue weighted by molar-refractivity contribution is -0.118. The summed E-state index contributed by atoms with van der Waals surface area (Å²) in [7, 11) is 0. The minimum atomic E-state index is 0.802. The average molecular weight is 220 g/mol. The van der Waals surface area contributed by atoms with Crippen LogP contribution >= 0.6 is 0 Å². The molecule has 0 atom stereocenters. The minimum Gasteiger partial charge on any atom is -0.0654 e. The Morgan fingerprint density at radius 3 is 1.56 bits per heavy atom. The molecule has 4 aliphatic rings. The zero-order valence-corrected chi connectivity index (χ0v) is 11.2. The topological polar surface area (TPSA) is 0 Å². The zero-order chi connectivity index (χ0) is 11.2. The van der Waals surface area contributed by atoms with Crippen molar-refractivity contribution in [2.75, 3.05) is 0 Å². The molecule has 0 unspecified atom stereocenters. The molecule has 0 aromatic carbocycles. The molecule has 0 heterocycles. The van der Waals surface area contributed by atoms with E-state index in [1.165, 1.54) is 25.7 Å². The van der Waals surface area contributed by atoms with E-state index in [1.54, 1.807) is 32.1 Å². The van der Waals surface area contributed by atoms with Gasteiger partial charge in [-0.2, -0.15) is 0 Å². The fraction of sp³-hybridized carbons (Fsp3) is 1.00. The molecule has 0 aromatic rings. The van der Waals surface area contributed by atoms with Crippen LogP contribution in [-0.4, -0.2) is 0 Å². The summed E-state index contributed by atoms with van der Waals surface area (Å²) in [6.07, 6.45) is 13.9. The summed E-state index contributed by atoms with van der Waals surface area (Å²) in [4.78, 5) is 0. The van der Waals surface area contributed by atoms with Gasteiger partial charge in [0, 0.05) is 0 Å². The highest BCUT2D eigenvalue weighted by molar-refractivity contribution is 5.05. The Kier molecular flexibility index (Phi) is 2.80. The van der Waals surface area contributed by atoms with Crippen LogP contribution in [-0.2, 0) is 0 Å². The Morgan fingerprint density at radius 1 is 0.750 bits per heavy atom. The molecule has 0 amide bonds. The van der Waals surface area contributed by atoms with Gasteiger partial charge < -0.3 is 0 Å². The number of rotatable bonds is 4. The van der Waals surface area contributed by atoms with Crippen molar-refractivity contribution >= 4 is 0 Å². The highest BCUT2D eigenvalue weighted by Crippen LogP contribution is 2.65. The summed E-state index contributed by atoms with van der Waals surface area (Å²) in [5.74, 6) is 4.54. The third-order valence-electron chi connectivity index (χ3n) is 6.20. The Bertz CT molecular complexity index is 217. The van der Waals surface area contributed by atoms with Gasteiger partial charge in [-0.15, -0.1) is 0 Å². The highest BCUT2D eigenvalue weighted by atomic mass is 14.6. The lowest BCUT2D eigenvalue weighted by Crippen LogP contribution is -2.52. The number of hydrogen-bond donors (Lipinski definition) is 0. The fourth-order valence-corrected chi connectivity index (χ4v) is 6.00. The van der Waals surface area contributed by atoms with Gasteiger partial charge in [-0.3, -0.25) is 0 Å². The van der Waals surface area contributed by atoms with Crippen LogP contribution in [0.1, 0.15) is 71.6 Å². The molecular formula is C16H28. The SMILES string of the molecule is CCCC1(CCC)C2CC3CC(C2)CC1C3. The maximum Gasteiger partial charge on any atom is -0.0241 e. The standard InChI is InChI=1S/C16H28/c1-3-5-16(6-4-2)14-8-12-7-13(10-14)11-15(16)9-12/h12-15H,3-11H2,1-2H3. The maximum atomic E-state index is 2.41. The van der Waals surface area contributed by atoms with Crippen LogP contribution in [0, 0.1) is 29.1 Å². The average Bonchev–Trinajstić information content (AvgIpc) is 2.25. The third kappa shape index (κ3) is 1.48. The first-order valence-electron chi connectivity index (χ1n) is 7.78. The van der Waals surface area contributed by atoms with Crippen molar-refractivity contribution in [1.29, 1.82) is 0 Å². The largest absolute Gasteiger partial charge is 0.0654 e. The first-order valence-corrected chi connectivity index (χ1v) is 7.78. The first-order chi connectivity index (χ1) is 7.78.